The molecule has 0 spiro atoms. The van der Waals surface area contributed by atoms with Crippen LogP contribution in [0.5, 0.6) is 0 Å². The molecule has 0 bridgehead atoms. The normalized spacial score (nSPS) is 11.2. The van der Waals surface area contributed by atoms with Crippen LogP contribution >= 0.6 is 11.8 Å². The summed E-state index contributed by atoms with van der Waals surface area (Å²) in [5, 5.41) is 0. The zero-order valence-electron chi connectivity index (χ0n) is 11.7. The number of thioether (sulfide) groups is 1. The van der Waals surface area contributed by atoms with Crippen LogP contribution in [-0.2, 0) is 11.3 Å². The summed E-state index contributed by atoms with van der Waals surface area (Å²) in [6.45, 7) is 6.16. The largest absolute Gasteiger partial charge is 0.444 e. The van der Waals surface area contributed by atoms with E-state index in [0.717, 1.165) is 5.56 Å². The number of hydrogen-bond donors (Lipinski definition) is 0. The van der Waals surface area contributed by atoms with Crippen LogP contribution in [-0.4, -0.2) is 29.9 Å². The van der Waals surface area contributed by atoms with Gasteiger partial charge in [0.15, 0.2) is 0 Å². The number of amides is 1. The number of hydrogen-bond acceptors (Lipinski definition) is 3. The van der Waals surface area contributed by atoms with Gasteiger partial charge in [0, 0.05) is 18.5 Å². The zero-order chi connectivity index (χ0) is 13.8. The van der Waals surface area contributed by atoms with Gasteiger partial charge in [-0.1, -0.05) is 12.1 Å². The molecule has 1 aromatic carbocycles. The third-order valence-electron chi connectivity index (χ3n) is 2.28. The topological polar surface area (TPSA) is 29.5 Å². The van der Waals surface area contributed by atoms with Crippen LogP contribution in [0.2, 0.25) is 0 Å². The highest BCUT2D eigenvalue weighted by atomic mass is 32.2. The summed E-state index contributed by atoms with van der Waals surface area (Å²) in [4.78, 5) is 14.6. The van der Waals surface area contributed by atoms with Crippen molar-refractivity contribution in [2.75, 3.05) is 13.3 Å². The fraction of sp³-hybridized carbons (Fsp3) is 0.500. The molecule has 0 unspecified atom stereocenters. The van der Waals surface area contributed by atoms with E-state index in [4.69, 9.17) is 4.74 Å². The Labute approximate surface area is 114 Å². The molecule has 0 atom stereocenters. The van der Waals surface area contributed by atoms with Crippen LogP contribution in [0.15, 0.2) is 29.2 Å². The van der Waals surface area contributed by atoms with E-state index in [-0.39, 0.29) is 6.09 Å². The maximum Gasteiger partial charge on any atom is 0.410 e. The second kappa shape index (κ2) is 6.14. The molecule has 1 rings (SSSR count). The maximum absolute atomic E-state index is 11.8. The number of carbonyl (C=O) groups is 1. The first kappa shape index (κ1) is 14.9. The first-order valence-corrected chi connectivity index (χ1v) is 7.11. The summed E-state index contributed by atoms with van der Waals surface area (Å²) < 4.78 is 5.30. The molecule has 0 saturated heterocycles. The average molecular weight is 267 g/mol. The van der Waals surface area contributed by atoms with Gasteiger partial charge in [-0.3, -0.25) is 0 Å². The van der Waals surface area contributed by atoms with Crippen LogP contribution in [0.1, 0.15) is 26.3 Å². The zero-order valence-corrected chi connectivity index (χ0v) is 12.5. The van der Waals surface area contributed by atoms with Gasteiger partial charge >= 0.3 is 6.09 Å². The molecule has 0 aliphatic heterocycles. The van der Waals surface area contributed by atoms with Crippen molar-refractivity contribution >= 4 is 17.9 Å². The number of rotatable bonds is 3. The highest BCUT2D eigenvalue weighted by Gasteiger charge is 2.19. The van der Waals surface area contributed by atoms with Gasteiger partial charge in [0.1, 0.15) is 5.60 Å². The van der Waals surface area contributed by atoms with Gasteiger partial charge in [0.05, 0.1) is 0 Å². The average Bonchev–Trinajstić information content (AvgIpc) is 2.27. The van der Waals surface area contributed by atoms with Gasteiger partial charge in [-0.25, -0.2) is 4.79 Å². The summed E-state index contributed by atoms with van der Waals surface area (Å²) in [7, 11) is 1.75. The van der Waals surface area contributed by atoms with Gasteiger partial charge in [0.2, 0.25) is 0 Å². The van der Waals surface area contributed by atoms with Crippen LogP contribution in [0.3, 0.4) is 0 Å². The smallest absolute Gasteiger partial charge is 0.410 e. The summed E-state index contributed by atoms with van der Waals surface area (Å²) >= 11 is 1.71. The van der Waals surface area contributed by atoms with Crippen molar-refractivity contribution in [2.45, 2.75) is 37.8 Å². The predicted molar refractivity (Wildman–Crippen MR) is 75.9 cm³/mol. The lowest BCUT2D eigenvalue weighted by Crippen LogP contribution is -2.33. The Morgan fingerprint density at radius 3 is 2.28 bits per heavy atom. The highest BCUT2D eigenvalue weighted by molar-refractivity contribution is 7.98. The minimum absolute atomic E-state index is 0.295. The second-order valence-electron chi connectivity index (χ2n) is 5.18. The molecule has 18 heavy (non-hydrogen) atoms. The fourth-order valence-electron chi connectivity index (χ4n) is 1.41. The van der Waals surface area contributed by atoms with Crippen molar-refractivity contribution in [1.82, 2.24) is 4.90 Å². The Morgan fingerprint density at radius 1 is 1.28 bits per heavy atom. The van der Waals surface area contributed by atoms with Gasteiger partial charge < -0.3 is 9.64 Å². The van der Waals surface area contributed by atoms with E-state index >= 15 is 0 Å². The summed E-state index contributed by atoms with van der Waals surface area (Å²) in [5.74, 6) is 0. The molecule has 100 valence electrons. The molecular weight excluding hydrogens is 246 g/mol. The van der Waals surface area contributed by atoms with Crippen molar-refractivity contribution in [3.63, 3.8) is 0 Å². The Bertz CT molecular complexity index is 395. The van der Waals surface area contributed by atoms with Crippen LogP contribution < -0.4 is 0 Å². The number of nitrogens with zero attached hydrogens (tertiary/aromatic N) is 1. The van der Waals surface area contributed by atoms with Gasteiger partial charge in [0.25, 0.3) is 0 Å². The third-order valence-corrected chi connectivity index (χ3v) is 3.03. The molecule has 0 N–H and O–H groups in total. The SMILES string of the molecule is CSc1ccc(CN(C)C(=O)OC(C)(C)C)cc1. The number of ether oxygens (including phenoxy) is 1. The van der Waals surface area contributed by atoms with Gasteiger partial charge in [-0.15, -0.1) is 11.8 Å². The molecule has 0 saturated carbocycles. The predicted octanol–water partition coefficient (Wildman–Crippen LogP) is 3.78. The van der Waals surface area contributed by atoms with E-state index in [1.54, 1.807) is 23.7 Å². The van der Waals surface area contributed by atoms with E-state index in [2.05, 4.69) is 12.1 Å². The van der Waals surface area contributed by atoms with Crippen molar-refractivity contribution < 1.29 is 9.53 Å². The lowest BCUT2D eigenvalue weighted by molar-refractivity contribution is 0.0285. The molecule has 4 heteroatoms. The standard InChI is InChI=1S/C14H21NO2S/c1-14(2,3)17-13(16)15(4)10-11-6-8-12(18-5)9-7-11/h6-9H,10H2,1-5H3. The third kappa shape index (κ3) is 5.00. The van der Waals surface area contributed by atoms with E-state index in [1.807, 2.05) is 39.2 Å². The van der Waals surface area contributed by atoms with Crippen LogP contribution in [0.4, 0.5) is 4.79 Å². The molecular formula is C14H21NO2S. The molecule has 0 aromatic heterocycles. The van der Waals surface area contributed by atoms with Crippen LogP contribution in [0.25, 0.3) is 0 Å². The second-order valence-corrected chi connectivity index (χ2v) is 6.06. The maximum atomic E-state index is 11.8. The van der Waals surface area contributed by atoms with Crippen LogP contribution in [0, 0.1) is 0 Å². The molecule has 3 nitrogen and oxygen atoms in total. The number of benzene rings is 1. The Kier molecular flexibility index (Phi) is 5.08. The number of carbonyl (C=O) groups excluding carboxylic acids is 1. The molecule has 0 aliphatic rings. The summed E-state index contributed by atoms with van der Waals surface area (Å²) in [6, 6.07) is 8.19. The summed E-state index contributed by atoms with van der Waals surface area (Å²) in [5.41, 5.74) is 0.648. The minimum atomic E-state index is -0.450. The first-order chi connectivity index (χ1) is 8.31. The van der Waals surface area contributed by atoms with Crippen molar-refractivity contribution in [3.8, 4) is 0 Å². The van der Waals surface area contributed by atoms with E-state index in [9.17, 15) is 4.79 Å². The molecule has 0 aliphatic carbocycles. The fourth-order valence-corrected chi connectivity index (χ4v) is 1.82. The highest BCUT2D eigenvalue weighted by Crippen LogP contribution is 2.16. The van der Waals surface area contributed by atoms with Crippen molar-refractivity contribution in [3.05, 3.63) is 29.8 Å². The Hall–Kier alpha value is -1.16. The lowest BCUT2D eigenvalue weighted by Gasteiger charge is -2.24. The van der Waals surface area contributed by atoms with Crippen molar-refractivity contribution in [2.24, 2.45) is 0 Å². The molecule has 1 aromatic rings. The Balaban J connectivity index is 2.58. The lowest BCUT2D eigenvalue weighted by atomic mass is 10.2. The van der Waals surface area contributed by atoms with E-state index in [0.29, 0.717) is 6.54 Å². The van der Waals surface area contributed by atoms with Gasteiger partial charge in [-0.05, 0) is 44.7 Å². The molecule has 0 radical (unpaired) electrons. The molecule has 1 amide bonds. The molecule has 0 fully saturated rings. The van der Waals surface area contributed by atoms with E-state index in [1.165, 1.54) is 4.90 Å². The van der Waals surface area contributed by atoms with Gasteiger partial charge in [-0.2, -0.15) is 0 Å². The van der Waals surface area contributed by atoms with E-state index < -0.39 is 5.60 Å². The molecule has 0 heterocycles. The summed E-state index contributed by atoms with van der Waals surface area (Å²) in [6.07, 6.45) is 1.75. The quantitative estimate of drug-likeness (QED) is 0.781. The Morgan fingerprint density at radius 2 is 1.83 bits per heavy atom. The van der Waals surface area contributed by atoms with Crippen molar-refractivity contribution in [1.29, 1.82) is 0 Å². The first-order valence-electron chi connectivity index (χ1n) is 5.89. The monoisotopic (exact) mass is 267 g/mol. The minimum Gasteiger partial charge on any atom is -0.444 e.